The second kappa shape index (κ2) is 4.09. The average Bonchev–Trinajstić information content (AvgIpc) is 2.07. The molecule has 3 heteroatoms. The van der Waals surface area contributed by atoms with Crippen LogP contribution in [0.25, 0.3) is 0 Å². The van der Waals surface area contributed by atoms with Crippen LogP contribution in [0.1, 0.15) is 22.8 Å². The summed E-state index contributed by atoms with van der Waals surface area (Å²) >= 11 is 2.16. The van der Waals surface area contributed by atoms with Crippen molar-refractivity contribution in [3.05, 3.63) is 26.8 Å². The van der Waals surface area contributed by atoms with Gasteiger partial charge in [-0.3, -0.25) is 4.79 Å². The number of aryl methyl sites for hydroxylation is 1. The molecule has 0 fully saturated rings. The SMILES string of the molecule is COc1cc(C)c(C(C)=O)cc1I. The third kappa shape index (κ3) is 2.21. The number of ketones is 1. The molecule has 0 aliphatic rings. The maximum atomic E-state index is 11.2. The first-order valence-corrected chi connectivity index (χ1v) is 4.99. The van der Waals surface area contributed by atoms with E-state index in [4.69, 9.17) is 4.74 Å². The van der Waals surface area contributed by atoms with Crippen LogP contribution in [0.15, 0.2) is 12.1 Å². The predicted molar refractivity (Wildman–Crippen MR) is 60.5 cm³/mol. The molecule has 0 amide bonds. The summed E-state index contributed by atoms with van der Waals surface area (Å²) in [5, 5.41) is 0. The largest absolute Gasteiger partial charge is 0.496 e. The van der Waals surface area contributed by atoms with E-state index in [1.165, 1.54) is 0 Å². The van der Waals surface area contributed by atoms with E-state index >= 15 is 0 Å². The van der Waals surface area contributed by atoms with E-state index in [9.17, 15) is 4.79 Å². The van der Waals surface area contributed by atoms with Gasteiger partial charge in [-0.1, -0.05) is 0 Å². The standard InChI is InChI=1S/C10H11IO2/c1-6-4-10(13-3)9(11)5-8(6)7(2)12/h4-5H,1-3H3. The van der Waals surface area contributed by atoms with Gasteiger partial charge in [-0.2, -0.15) is 0 Å². The average molecular weight is 290 g/mol. The van der Waals surface area contributed by atoms with Gasteiger partial charge in [-0.25, -0.2) is 0 Å². The second-order valence-electron chi connectivity index (χ2n) is 2.86. The van der Waals surface area contributed by atoms with Crippen molar-refractivity contribution in [1.82, 2.24) is 0 Å². The number of benzene rings is 1. The minimum atomic E-state index is 0.0954. The van der Waals surface area contributed by atoms with E-state index in [0.29, 0.717) is 0 Å². The van der Waals surface area contributed by atoms with E-state index in [0.717, 1.165) is 20.4 Å². The van der Waals surface area contributed by atoms with Crippen LogP contribution in [0, 0.1) is 10.5 Å². The Morgan fingerprint density at radius 3 is 2.54 bits per heavy atom. The van der Waals surface area contributed by atoms with Crippen molar-refractivity contribution in [3.8, 4) is 5.75 Å². The Morgan fingerprint density at radius 1 is 1.46 bits per heavy atom. The summed E-state index contributed by atoms with van der Waals surface area (Å²) < 4.78 is 6.11. The Morgan fingerprint density at radius 2 is 2.08 bits per heavy atom. The van der Waals surface area contributed by atoms with Crippen LogP contribution in [0.5, 0.6) is 5.75 Å². The van der Waals surface area contributed by atoms with Crippen LogP contribution >= 0.6 is 22.6 Å². The molecular weight excluding hydrogens is 279 g/mol. The van der Waals surface area contributed by atoms with Gasteiger partial charge in [0.05, 0.1) is 10.7 Å². The van der Waals surface area contributed by atoms with Crippen LogP contribution in [0.3, 0.4) is 0 Å². The smallest absolute Gasteiger partial charge is 0.160 e. The van der Waals surface area contributed by atoms with Crippen LogP contribution in [0.2, 0.25) is 0 Å². The molecule has 0 saturated heterocycles. The number of methoxy groups -OCH3 is 1. The summed E-state index contributed by atoms with van der Waals surface area (Å²) in [6, 6.07) is 3.75. The van der Waals surface area contributed by atoms with Gasteiger partial charge in [0.15, 0.2) is 5.78 Å². The van der Waals surface area contributed by atoms with Gasteiger partial charge in [-0.05, 0) is 54.1 Å². The van der Waals surface area contributed by atoms with Crippen molar-refractivity contribution in [2.24, 2.45) is 0 Å². The van der Waals surface area contributed by atoms with Crippen LogP contribution in [0.4, 0.5) is 0 Å². The Balaban J connectivity index is 3.28. The molecule has 1 aromatic rings. The van der Waals surface area contributed by atoms with E-state index in [-0.39, 0.29) is 5.78 Å². The summed E-state index contributed by atoms with van der Waals surface area (Å²) in [5.74, 6) is 0.918. The lowest BCUT2D eigenvalue weighted by molar-refractivity contribution is 0.101. The molecule has 70 valence electrons. The molecule has 13 heavy (non-hydrogen) atoms. The monoisotopic (exact) mass is 290 g/mol. The summed E-state index contributed by atoms with van der Waals surface area (Å²) in [5.41, 5.74) is 1.73. The van der Waals surface area contributed by atoms with Gasteiger partial charge >= 0.3 is 0 Å². The molecule has 0 unspecified atom stereocenters. The molecule has 0 radical (unpaired) electrons. The molecule has 0 N–H and O–H groups in total. The molecule has 0 bridgehead atoms. The van der Waals surface area contributed by atoms with Crippen LogP contribution in [-0.4, -0.2) is 12.9 Å². The predicted octanol–water partition coefficient (Wildman–Crippen LogP) is 2.81. The number of halogens is 1. The molecule has 0 aliphatic carbocycles. The molecule has 0 heterocycles. The first kappa shape index (κ1) is 10.5. The number of rotatable bonds is 2. The normalized spacial score (nSPS) is 9.85. The molecule has 0 aromatic heterocycles. The second-order valence-corrected chi connectivity index (χ2v) is 4.02. The summed E-state index contributed by atoms with van der Waals surface area (Å²) in [6.07, 6.45) is 0. The maximum absolute atomic E-state index is 11.2. The third-order valence-corrected chi connectivity index (χ3v) is 2.72. The zero-order valence-electron chi connectivity index (χ0n) is 7.85. The zero-order chi connectivity index (χ0) is 10.0. The molecule has 0 spiro atoms. The van der Waals surface area contributed by atoms with E-state index in [1.54, 1.807) is 14.0 Å². The molecule has 0 atom stereocenters. The highest BCUT2D eigenvalue weighted by Crippen LogP contribution is 2.24. The summed E-state index contributed by atoms with van der Waals surface area (Å²) in [4.78, 5) is 11.2. The molecule has 0 aliphatic heterocycles. The fraction of sp³-hybridized carbons (Fsp3) is 0.300. The maximum Gasteiger partial charge on any atom is 0.160 e. The van der Waals surface area contributed by atoms with Gasteiger partial charge < -0.3 is 4.74 Å². The van der Waals surface area contributed by atoms with Crippen LogP contribution in [-0.2, 0) is 0 Å². The molecule has 0 saturated carbocycles. The van der Waals surface area contributed by atoms with Crippen molar-refractivity contribution in [1.29, 1.82) is 0 Å². The fourth-order valence-corrected chi connectivity index (χ4v) is 1.88. The Kier molecular flexibility index (Phi) is 3.30. The molecular formula is C10H11IO2. The van der Waals surface area contributed by atoms with Crippen LogP contribution < -0.4 is 4.74 Å². The van der Waals surface area contributed by atoms with Crippen molar-refractivity contribution in [2.45, 2.75) is 13.8 Å². The minimum absolute atomic E-state index is 0.0954. The number of carbonyl (C=O) groups excluding carboxylic acids is 1. The third-order valence-electron chi connectivity index (χ3n) is 1.88. The number of carbonyl (C=O) groups is 1. The Hall–Kier alpha value is -0.580. The van der Waals surface area contributed by atoms with E-state index in [2.05, 4.69) is 22.6 Å². The lowest BCUT2D eigenvalue weighted by Gasteiger charge is -2.07. The summed E-state index contributed by atoms with van der Waals surface area (Å²) in [7, 11) is 1.63. The number of Topliss-reactive ketones (excluding diaryl/α,β-unsaturated/α-hetero) is 1. The van der Waals surface area contributed by atoms with Crippen molar-refractivity contribution in [3.63, 3.8) is 0 Å². The fourth-order valence-electron chi connectivity index (χ4n) is 1.19. The van der Waals surface area contributed by atoms with E-state index < -0.39 is 0 Å². The Bertz CT molecular complexity index is 345. The first-order valence-electron chi connectivity index (χ1n) is 3.91. The topological polar surface area (TPSA) is 26.3 Å². The highest BCUT2D eigenvalue weighted by atomic mass is 127. The van der Waals surface area contributed by atoms with Gasteiger partial charge in [0.25, 0.3) is 0 Å². The minimum Gasteiger partial charge on any atom is -0.496 e. The lowest BCUT2D eigenvalue weighted by Crippen LogP contribution is -1.98. The number of hydrogen-bond acceptors (Lipinski definition) is 2. The zero-order valence-corrected chi connectivity index (χ0v) is 10.0. The highest BCUT2D eigenvalue weighted by molar-refractivity contribution is 14.1. The van der Waals surface area contributed by atoms with Crippen molar-refractivity contribution >= 4 is 28.4 Å². The van der Waals surface area contributed by atoms with Gasteiger partial charge in [0, 0.05) is 5.56 Å². The highest BCUT2D eigenvalue weighted by Gasteiger charge is 2.08. The molecule has 2 nitrogen and oxygen atoms in total. The van der Waals surface area contributed by atoms with Crippen molar-refractivity contribution < 1.29 is 9.53 Å². The number of ether oxygens (including phenoxy) is 1. The first-order chi connectivity index (χ1) is 6.06. The Labute approximate surface area is 91.4 Å². The summed E-state index contributed by atoms with van der Waals surface area (Å²) in [6.45, 7) is 3.49. The van der Waals surface area contributed by atoms with Crippen molar-refractivity contribution in [2.75, 3.05) is 7.11 Å². The van der Waals surface area contributed by atoms with E-state index in [1.807, 2.05) is 19.1 Å². The number of hydrogen-bond donors (Lipinski definition) is 0. The molecule has 1 aromatic carbocycles. The van der Waals surface area contributed by atoms with Gasteiger partial charge in [0.1, 0.15) is 5.75 Å². The molecule has 1 rings (SSSR count). The lowest BCUT2D eigenvalue weighted by atomic mass is 10.1. The van der Waals surface area contributed by atoms with Gasteiger partial charge in [-0.15, -0.1) is 0 Å². The quantitative estimate of drug-likeness (QED) is 0.618. The van der Waals surface area contributed by atoms with Gasteiger partial charge in [0.2, 0.25) is 0 Å².